The van der Waals surface area contributed by atoms with Crippen LogP contribution < -0.4 is 15.5 Å². The summed E-state index contributed by atoms with van der Waals surface area (Å²) in [5.74, 6) is 0.200. The van der Waals surface area contributed by atoms with Gasteiger partial charge in [-0.15, -0.1) is 0 Å². The maximum atomic E-state index is 12.7. The molecule has 0 saturated carbocycles. The molecule has 6 nitrogen and oxygen atoms in total. The summed E-state index contributed by atoms with van der Waals surface area (Å²) in [7, 11) is 0. The van der Waals surface area contributed by atoms with Gasteiger partial charge in [-0.05, 0) is 49.2 Å². The minimum absolute atomic E-state index is 0.185. The van der Waals surface area contributed by atoms with E-state index in [1.165, 1.54) is 6.20 Å². The number of amides is 1. The number of aromatic nitrogens is 2. The Morgan fingerprint density at radius 3 is 2.29 bits per heavy atom. The van der Waals surface area contributed by atoms with E-state index in [4.69, 9.17) is 11.6 Å². The van der Waals surface area contributed by atoms with E-state index in [1.54, 1.807) is 0 Å². The molecular formula is C21H20ClN5O. The molecule has 1 aliphatic rings. The van der Waals surface area contributed by atoms with E-state index in [9.17, 15) is 4.79 Å². The van der Waals surface area contributed by atoms with Crippen molar-refractivity contribution in [3.05, 3.63) is 71.5 Å². The van der Waals surface area contributed by atoms with Crippen LogP contribution in [-0.4, -0.2) is 29.0 Å². The molecule has 1 aliphatic heterocycles. The van der Waals surface area contributed by atoms with Gasteiger partial charge in [0.1, 0.15) is 0 Å². The molecule has 4 rings (SSSR count). The Morgan fingerprint density at radius 2 is 1.57 bits per heavy atom. The third-order valence-electron chi connectivity index (χ3n) is 4.54. The number of hydrogen-bond donors (Lipinski definition) is 2. The van der Waals surface area contributed by atoms with Crippen LogP contribution in [-0.2, 0) is 0 Å². The normalized spacial score (nSPS) is 13.4. The van der Waals surface area contributed by atoms with Crippen LogP contribution in [0.3, 0.4) is 0 Å². The van der Waals surface area contributed by atoms with E-state index >= 15 is 0 Å². The first kappa shape index (κ1) is 18.3. The number of nitrogens with one attached hydrogen (secondary N) is 2. The second-order valence-electron chi connectivity index (χ2n) is 6.58. The summed E-state index contributed by atoms with van der Waals surface area (Å²) < 4.78 is 0. The molecule has 1 fully saturated rings. The van der Waals surface area contributed by atoms with Crippen molar-refractivity contribution in [2.24, 2.45) is 0 Å². The Morgan fingerprint density at radius 1 is 0.929 bits per heavy atom. The fourth-order valence-electron chi connectivity index (χ4n) is 3.10. The number of hydrogen-bond acceptors (Lipinski definition) is 5. The standard InChI is InChI=1S/C21H20ClN5O/c22-18-14-23-21(27-12-4-5-13-27)26-19(18)20(28)25-17-10-8-16(9-11-17)24-15-6-2-1-3-7-15/h1-3,6-11,14,24H,4-5,12-13H2,(H,25,28). The predicted octanol–water partition coefficient (Wildman–Crippen LogP) is 4.73. The third kappa shape index (κ3) is 4.23. The van der Waals surface area contributed by atoms with Crippen LogP contribution in [0.25, 0.3) is 0 Å². The van der Waals surface area contributed by atoms with Crippen molar-refractivity contribution in [3.8, 4) is 0 Å². The molecular weight excluding hydrogens is 374 g/mol. The van der Waals surface area contributed by atoms with Gasteiger partial charge in [0.2, 0.25) is 5.95 Å². The quantitative estimate of drug-likeness (QED) is 0.656. The highest BCUT2D eigenvalue weighted by molar-refractivity contribution is 6.34. The number of carbonyl (C=O) groups excluding carboxylic acids is 1. The molecule has 7 heteroatoms. The van der Waals surface area contributed by atoms with Gasteiger partial charge in [0, 0.05) is 30.2 Å². The molecule has 0 atom stereocenters. The summed E-state index contributed by atoms with van der Waals surface area (Å²) in [4.78, 5) is 23.4. The fourth-order valence-corrected chi connectivity index (χ4v) is 3.28. The zero-order chi connectivity index (χ0) is 19.3. The van der Waals surface area contributed by atoms with E-state index in [0.717, 1.165) is 37.3 Å². The monoisotopic (exact) mass is 393 g/mol. The van der Waals surface area contributed by atoms with Crippen molar-refractivity contribution in [1.29, 1.82) is 0 Å². The van der Waals surface area contributed by atoms with Crippen LogP contribution >= 0.6 is 11.6 Å². The number of para-hydroxylation sites is 1. The van der Waals surface area contributed by atoms with Crippen molar-refractivity contribution >= 4 is 40.5 Å². The molecule has 0 spiro atoms. The largest absolute Gasteiger partial charge is 0.356 e. The molecule has 3 aromatic rings. The molecule has 1 saturated heterocycles. The molecule has 2 aromatic carbocycles. The SMILES string of the molecule is O=C(Nc1ccc(Nc2ccccc2)cc1)c1nc(N2CCCC2)ncc1Cl. The van der Waals surface area contributed by atoms with E-state index < -0.39 is 0 Å². The lowest BCUT2D eigenvalue weighted by molar-refractivity contribution is 0.102. The van der Waals surface area contributed by atoms with E-state index in [-0.39, 0.29) is 16.6 Å². The Hall–Kier alpha value is -3.12. The highest BCUT2D eigenvalue weighted by atomic mass is 35.5. The molecule has 1 aromatic heterocycles. The molecule has 2 N–H and O–H groups in total. The average molecular weight is 394 g/mol. The molecule has 28 heavy (non-hydrogen) atoms. The Bertz CT molecular complexity index is 956. The van der Waals surface area contributed by atoms with Gasteiger partial charge in [0.05, 0.1) is 11.2 Å². The van der Waals surface area contributed by atoms with Crippen molar-refractivity contribution < 1.29 is 4.79 Å². The summed E-state index contributed by atoms with van der Waals surface area (Å²) in [5.41, 5.74) is 2.79. The van der Waals surface area contributed by atoms with E-state index in [0.29, 0.717) is 11.6 Å². The lowest BCUT2D eigenvalue weighted by Gasteiger charge is -2.16. The van der Waals surface area contributed by atoms with Crippen LogP contribution in [0.4, 0.5) is 23.0 Å². The van der Waals surface area contributed by atoms with Crippen LogP contribution in [0.5, 0.6) is 0 Å². The van der Waals surface area contributed by atoms with Crippen molar-refractivity contribution in [2.75, 3.05) is 28.6 Å². The predicted molar refractivity (Wildman–Crippen MR) is 113 cm³/mol. The van der Waals surface area contributed by atoms with Gasteiger partial charge in [-0.25, -0.2) is 9.97 Å². The topological polar surface area (TPSA) is 70.2 Å². The minimum Gasteiger partial charge on any atom is -0.356 e. The van der Waals surface area contributed by atoms with E-state index in [1.807, 2.05) is 54.6 Å². The maximum absolute atomic E-state index is 12.7. The van der Waals surface area contributed by atoms with Gasteiger partial charge in [-0.3, -0.25) is 4.79 Å². The van der Waals surface area contributed by atoms with Crippen LogP contribution in [0, 0.1) is 0 Å². The molecule has 0 unspecified atom stereocenters. The van der Waals surface area contributed by atoms with Crippen molar-refractivity contribution in [3.63, 3.8) is 0 Å². The Balaban J connectivity index is 1.45. The zero-order valence-electron chi connectivity index (χ0n) is 15.2. The maximum Gasteiger partial charge on any atom is 0.276 e. The van der Waals surface area contributed by atoms with Crippen LogP contribution in [0.15, 0.2) is 60.8 Å². The summed E-state index contributed by atoms with van der Waals surface area (Å²) in [5, 5.41) is 6.39. The zero-order valence-corrected chi connectivity index (χ0v) is 16.0. The lowest BCUT2D eigenvalue weighted by atomic mass is 10.2. The second-order valence-corrected chi connectivity index (χ2v) is 6.99. The Kier molecular flexibility index (Phi) is 5.39. The number of anilines is 4. The van der Waals surface area contributed by atoms with E-state index in [2.05, 4.69) is 25.5 Å². The fraction of sp³-hybridized carbons (Fsp3) is 0.190. The van der Waals surface area contributed by atoms with Gasteiger partial charge in [-0.1, -0.05) is 29.8 Å². The lowest BCUT2D eigenvalue weighted by Crippen LogP contribution is -2.23. The summed E-state index contributed by atoms with van der Waals surface area (Å²) in [6.07, 6.45) is 3.71. The highest BCUT2D eigenvalue weighted by Crippen LogP contribution is 2.22. The van der Waals surface area contributed by atoms with Gasteiger partial charge in [0.15, 0.2) is 5.69 Å². The number of rotatable bonds is 5. The smallest absolute Gasteiger partial charge is 0.276 e. The Labute approximate surface area is 168 Å². The first-order valence-electron chi connectivity index (χ1n) is 9.20. The number of benzene rings is 2. The number of halogens is 1. The summed E-state index contributed by atoms with van der Waals surface area (Å²) in [6.45, 7) is 1.80. The van der Waals surface area contributed by atoms with Gasteiger partial charge in [0.25, 0.3) is 5.91 Å². The van der Waals surface area contributed by atoms with Crippen molar-refractivity contribution in [2.45, 2.75) is 12.8 Å². The third-order valence-corrected chi connectivity index (χ3v) is 4.82. The highest BCUT2D eigenvalue weighted by Gasteiger charge is 2.19. The molecule has 0 bridgehead atoms. The van der Waals surface area contributed by atoms with Crippen LogP contribution in [0.2, 0.25) is 5.02 Å². The first-order chi connectivity index (χ1) is 13.7. The number of carbonyl (C=O) groups is 1. The average Bonchev–Trinajstić information content (AvgIpc) is 3.25. The van der Waals surface area contributed by atoms with Crippen molar-refractivity contribution in [1.82, 2.24) is 9.97 Å². The molecule has 1 amide bonds. The molecule has 0 aliphatic carbocycles. The van der Waals surface area contributed by atoms with Gasteiger partial charge >= 0.3 is 0 Å². The molecule has 142 valence electrons. The molecule has 2 heterocycles. The van der Waals surface area contributed by atoms with Crippen LogP contribution in [0.1, 0.15) is 23.3 Å². The minimum atomic E-state index is -0.350. The first-order valence-corrected chi connectivity index (χ1v) is 9.58. The molecule has 0 radical (unpaired) electrons. The number of nitrogens with zero attached hydrogens (tertiary/aromatic N) is 3. The van der Waals surface area contributed by atoms with Gasteiger partial charge in [-0.2, -0.15) is 0 Å². The summed E-state index contributed by atoms with van der Waals surface area (Å²) >= 11 is 6.17. The van der Waals surface area contributed by atoms with Gasteiger partial charge < -0.3 is 15.5 Å². The summed E-state index contributed by atoms with van der Waals surface area (Å²) in [6, 6.07) is 17.4. The second kappa shape index (κ2) is 8.27.